The molecule has 0 aromatic rings. The van der Waals surface area contributed by atoms with E-state index in [1.807, 2.05) is 0 Å². The van der Waals surface area contributed by atoms with Gasteiger partial charge in [0.15, 0.2) is 5.08 Å². The Morgan fingerprint density at radius 1 is 1.00 bits per heavy atom. The first-order valence-electron chi connectivity index (χ1n) is 9.50. The van der Waals surface area contributed by atoms with Crippen molar-refractivity contribution < 1.29 is 38.9 Å². The monoisotopic (exact) mass is 566 g/mol. The van der Waals surface area contributed by atoms with Crippen LogP contribution in [0, 0.1) is 0 Å². The minimum Gasteiger partial charge on any atom is -0.610 e. The second kappa shape index (κ2) is 26.1. The van der Waals surface area contributed by atoms with E-state index in [9.17, 15) is 14.1 Å². The maximum absolute atomic E-state index is 11.8. The van der Waals surface area contributed by atoms with Crippen molar-refractivity contribution >= 4 is 81.5 Å². The van der Waals surface area contributed by atoms with Gasteiger partial charge in [-0.1, -0.05) is 23.5 Å². The first-order chi connectivity index (χ1) is 16.1. The Morgan fingerprint density at radius 3 is 2.45 bits per heavy atom. The quantitative estimate of drug-likeness (QED) is 0.0301. The van der Waals surface area contributed by atoms with Crippen LogP contribution in [0.1, 0.15) is 12.8 Å². The number of carbonyl (C=O) groups is 2. The van der Waals surface area contributed by atoms with Gasteiger partial charge in [-0.15, -0.1) is 23.5 Å². The van der Waals surface area contributed by atoms with E-state index in [0.29, 0.717) is 46.5 Å². The van der Waals surface area contributed by atoms with E-state index < -0.39 is 17.3 Å². The summed E-state index contributed by atoms with van der Waals surface area (Å²) in [5, 5.41) is 23.0. The lowest BCUT2D eigenvalue weighted by molar-refractivity contribution is -0.217. The number of thioether (sulfide) groups is 4. The lowest BCUT2D eigenvalue weighted by Crippen LogP contribution is -2.24. The van der Waals surface area contributed by atoms with Gasteiger partial charge in [-0.3, -0.25) is 4.79 Å². The van der Waals surface area contributed by atoms with Crippen LogP contribution in [0.2, 0.25) is 0 Å². The molecule has 12 nitrogen and oxygen atoms in total. The molecule has 1 unspecified atom stereocenters. The summed E-state index contributed by atoms with van der Waals surface area (Å²) in [6.45, 7) is 0.447. The molecule has 0 aliphatic heterocycles. The Kier molecular flexibility index (Phi) is 25.7. The third-order valence-corrected chi connectivity index (χ3v) is 7.63. The second-order valence-electron chi connectivity index (χ2n) is 5.35. The number of hydrogen-bond donors (Lipinski definition) is 4. The van der Waals surface area contributed by atoms with Gasteiger partial charge in [-0.05, 0) is 6.42 Å². The number of aliphatic hydroxyl groups is 2. The van der Waals surface area contributed by atoms with E-state index in [0.717, 1.165) is 18.2 Å². The molecular formula is C16H30N4O8S5. The number of aliphatic hydroxyl groups excluding tert-OH is 2. The number of amides is 2. The Balaban J connectivity index is 3.50. The SMILES string of the molecule is O=C(NCSC/N=C/[S+]([O-])CSCSC(=O)NCSC/N=C\OOCCCO)OCCCO. The maximum atomic E-state index is 11.8. The van der Waals surface area contributed by atoms with E-state index in [2.05, 4.69) is 25.5 Å². The molecule has 0 bridgehead atoms. The molecule has 0 heterocycles. The summed E-state index contributed by atoms with van der Waals surface area (Å²) in [4.78, 5) is 40.2. The van der Waals surface area contributed by atoms with Gasteiger partial charge in [0.05, 0.1) is 41.8 Å². The number of rotatable bonds is 21. The Bertz CT molecular complexity index is 551. The lowest BCUT2D eigenvalue weighted by atomic mass is 10.5. The van der Waals surface area contributed by atoms with Crippen molar-refractivity contribution in [1.82, 2.24) is 10.6 Å². The zero-order chi connectivity index (χ0) is 24.4. The molecule has 0 aromatic carbocycles. The molecule has 1 atom stereocenters. The summed E-state index contributed by atoms with van der Waals surface area (Å²) >= 11 is 3.91. The van der Waals surface area contributed by atoms with Crippen molar-refractivity contribution in [2.75, 3.05) is 60.1 Å². The summed E-state index contributed by atoms with van der Waals surface area (Å²) in [6, 6.07) is 0. The van der Waals surface area contributed by atoms with Crippen LogP contribution in [-0.2, 0) is 25.7 Å². The van der Waals surface area contributed by atoms with Crippen molar-refractivity contribution in [3.8, 4) is 0 Å². The van der Waals surface area contributed by atoms with Gasteiger partial charge in [-0.25, -0.2) is 14.8 Å². The average molecular weight is 567 g/mol. The van der Waals surface area contributed by atoms with Crippen LogP contribution in [0.3, 0.4) is 0 Å². The molecule has 0 saturated heterocycles. The third kappa shape index (κ3) is 25.9. The Hall–Kier alpha value is -0.530. The topological polar surface area (TPSA) is 174 Å². The van der Waals surface area contributed by atoms with Gasteiger partial charge in [0.1, 0.15) is 0 Å². The molecule has 17 heteroatoms. The first kappa shape index (κ1) is 32.5. The summed E-state index contributed by atoms with van der Waals surface area (Å²) in [7, 11) is 0. The number of nitrogens with zero attached hydrogens (tertiary/aromatic N) is 2. The van der Waals surface area contributed by atoms with Gasteiger partial charge in [0.2, 0.25) is 11.9 Å². The zero-order valence-electron chi connectivity index (χ0n) is 17.9. The minimum atomic E-state index is -1.24. The van der Waals surface area contributed by atoms with Crippen molar-refractivity contribution in [3.05, 3.63) is 0 Å². The highest BCUT2D eigenvalue weighted by Gasteiger charge is 2.06. The highest BCUT2D eigenvalue weighted by Crippen LogP contribution is 2.15. The molecule has 0 aromatic heterocycles. The van der Waals surface area contributed by atoms with Crippen LogP contribution in [0.15, 0.2) is 9.98 Å². The highest BCUT2D eigenvalue weighted by molar-refractivity contribution is 8.27. The van der Waals surface area contributed by atoms with E-state index in [4.69, 9.17) is 19.8 Å². The number of carbonyl (C=O) groups excluding carboxylic acids is 2. The van der Waals surface area contributed by atoms with Crippen LogP contribution in [-0.4, -0.2) is 98.2 Å². The predicted molar refractivity (Wildman–Crippen MR) is 138 cm³/mol. The van der Waals surface area contributed by atoms with E-state index in [1.165, 1.54) is 40.8 Å². The normalized spacial score (nSPS) is 12.2. The fraction of sp³-hybridized carbons (Fsp3) is 0.750. The highest BCUT2D eigenvalue weighted by atomic mass is 32.3. The smallest absolute Gasteiger partial charge is 0.407 e. The number of nitrogens with one attached hydrogen (secondary N) is 2. The predicted octanol–water partition coefficient (Wildman–Crippen LogP) is 1.62. The van der Waals surface area contributed by atoms with Gasteiger partial charge in [-0.2, -0.15) is 4.89 Å². The number of hydrogen-bond acceptors (Lipinski definition) is 14. The molecule has 33 heavy (non-hydrogen) atoms. The van der Waals surface area contributed by atoms with E-state index >= 15 is 0 Å². The van der Waals surface area contributed by atoms with Crippen molar-refractivity contribution in [3.63, 3.8) is 0 Å². The van der Waals surface area contributed by atoms with Crippen molar-refractivity contribution in [2.45, 2.75) is 12.8 Å². The van der Waals surface area contributed by atoms with Crippen molar-refractivity contribution in [1.29, 1.82) is 0 Å². The molecule has 0 saturated carbocycles. The molecule has 0 aliphatic rings. The summed E-state index contributed by atoms with van der Waals surface area (Å²) in [5.74, 6) is 1.44. The number of alkyl carbamates (subject to hydrolysis) is 1. The fourth-order valence-electron chi connectivity index (χ4n) is 1.37. The van der Waals surface area contributed by atoms with Crippen LogP contribution >= 0.6 is 47.0 Å². The molecule has 2 amide bonds. The Labute approximate surface area is 213 Å². The van der Waals surface area contributed by atoms with Crippen LogP contribution in [0.25, 0.3) is 0 Å². The first-order valence-corrected chi connectivity index (χ1v) is 15.3. The molecule has 192 valence electrons. The molecule has 0 fully saturated rings. The maximum Gasteiger partial charge on any atom is 0.407 e. The summed E-state index contributed by atoms with van der Waals surface area (Å²) in [6.07, 6.45) is 1.49. The summed E-state index contributed by atoms with van der Waals surface area (Å²) < 4.78 is 16.6. The molecule has 0 rings (SSSR count). The van der Waals surface area contributed by atoms with Gasteiger partial charge < -0.3 is 35.0 Å². The molecule has 0 radical (unpaired) electrons. The second-order valence-corrected chi connectivity index (χ2v) is 11.2. The molecule has 0 spiro atoms. The lowest BCUT2D eigenvalue weighted by Gasteiger charge is -2.06. The number of aliphatic imine (C=N–C) groups is 2. The Morgan fingerprint density at radius 2 is 1.70 bits per heavy atom. The van der Waals surface area contributed by atoms with Crippen LogP contribution in [0.5, 0.6) is 0 Å². The number of ether oxygens (including phenoxy) is 1. The largest absolute Gasteiger partial charge is 0.610 e. The van der Waals surface area contributed by atoms with E-state index in [1.54, 1.807) is 0 Å². The van der Waals surface area contributed by atoms with Crippen molar-refractivity contribution in [2.24, 2.45) is 9.98 Å². The van der Waals surface area contributed by atoms with Gasteiger partial charge >= 0.3 is 6.09 Å². The molecule has 0 aliphatic carbocycles. The van der Waals surface area contributed by atoms with Crippen LogP contribution < -0.4 is 10.6 Å². The van der Waals surface area contributed by atoms with Gasteiger partial charge in [0.25, 0.3) is 5.24 Å². The minimum absolute atomic E-state index is 0.0327. The average Bonchev–Trinajstić information content (AvgIpc) is 2.80. The fourth-order valence-corrected chi connectivity index (χ4v) is 5.50. The molecule has 4 N–H and O–H groups in total. The standard InChI is InChI=1S/C16H30N4O8S5/c21-3-1-5-26-15(23)19-10-30-9-18-12-33(25)14-31-13-32-16(24)20-11-29-8-17-7-28-27-6-2-4-22/h7,12,21-22H,1-6,8-11,13-14H2,(H,19,23)(H,20,24)/b17-7-,18-12+. The zero-order valence-corrected chi connectivity index (χ0v) is 22.0. The van der Waals surface area contributed by atoms with E-state index in [-0.39, 0.29) is 31.7 Å². The van der Waals surface area contributed by atoms with Gasteiger partial charge in [0, 0.05) is 30.8 Å². The molecular weight excluding hydrogens is 537 g/mol. The van der Waals surface area contributed by atoms with Crippen LogP contribution in [0.4, 0.5) is 9.59 Å². The summed E-state index contributed by atoms with van der Waals surface area (Å²) in [5.41, 5.74) is 1.35. The third-order valence-electron chi connectivity index (χ3n) is 2.74.